The summed E-state index contributed by atoms with van der Waals surface area (Å²) < 4.78 is 14.4. The van der Waals surface area contributed by atoms with Gasteiger partial charge in [0, 0.05) is 37.4 Å². The molecule has 1 aliphatic heterocycles. The van der Waals surface area contributed by atoms with Crippen LogP contribution in [-0.2, 0) is 6.42 Å². The molecule has 190 valence electrons. The summed E-state index contributed by atoms with van der Waals surface area (Å²) in [5.74, 6) is -2.19. The van der Waals surface area contributed by atoms with E-state index in [1.807, 2.05) is 49.1 Å². The minimum atomic E-state index is -0.554. The molecule has 0 aliphatic carbocycles. The summed E-state index contributed by atoms with van der Waals surface area (Å²) in [5.41, 5.74) is 1.78. The SMILES string of the molecule is CCCCc1nc(O)c(C(=O)N2CCC(c3ncc(Cl)cc3F)C2)c(O)c1N(CC)c1ccccc1. The minimum absolute atomic E-state index is 0.201. The van der Waals surface area contributed by atoms with E-state index >= 15 is 0 Å². The van der Waals surface area contributed by atoms with Gasteiger partial charge in [0.25, 0.3) is 5.91 Å². The quantitative estimate of drug-likeness (QED) is 0.396. The predicted octanol–water partition coefficient (Wildman–Crippen LogP) is 5.81. The molecule has 1 aliphatic rings. The van der Waals surface area contributed by atoms with Crippen molar-refractivity contribution in [3.05, 3.63) is 70.4 Å². The fourth-order valence-corrected chi connectivity index (χ4v) is 4.87. The molecule has 9 heteroatoms. The molecular weight excluding hydrogens is 483 g/mol. The van der Waals surface area contributed by atoms with Crippen molar-refractivity contribution in [1.29, 1.82) is 0 Å². The van der Waals surface area contributed by atoms with Crippen molar-refractivity contribution >= 4 is 28.9 Å². The molecule has 4 rings (SSSR count). The number of unbranched alkanes of at least 4 members (excludes halogenated alkanes) is 1. The third-order valence-corrected chi connectivity index (χ3v) is 6.74. The average molecular weight is 513 g/mol. The number of anilines is 2. The lowest BCUT2D eigenvalue weighted by molar-refractivity contribution is 0.0783. The zero-order valence-electron chi connectivity index (χ0n) is 20.4. The van der Waals surface area contributed by atoms with Crippen LogP contribution in [0, 0.1) is 5.82 Å². The lowest BCUT2D eigenvalue weighted by Crippen LogP contribution is -2.29. The average Bonchev–Trinajstić information content (AvgIpc) is 3.35. The molecule has 2 aromatic heterocycles. The van der Waals surface area contributed by atoms with Gasteiger partial charge in [-0.05, 0) is 44.4 Å². The number of benzene rings is 1. The molecule has 1 aromatic carbocycles. The Balaban J connectivity index is 1.71. The number of nitrogens with zero attached hydrogens (tertiary/aromatic N) is 4. The second-order valence-corrected chi connectivity index (χ2v) is 9.33. The van der Waals surface area contributed by atoms with Crippen molar-refractivity contribution < 1.29 is 19.4 Å². The van der Waals surface area contributed by atoms with Gasteiger partial charge in [0.15, 0.2) is 5.75 Å². The molecule has 1 saturated heterocycles. The van der Waals surface area contributed by atoms with Crippen LogP contribution >= 0.6 is 11.6 Å². The van der Waals surface area contributed by atoms with Crippen molar-refractivity contribution in [2.45, 2.75) is 45.4 Å². The fraction of sp³-hybridized carbons (Fsp3) is 0.370. The summed E-state index contributed by atoms with van der Waals surface area (Å²) in [6.45, 7) is 5.04. The molecule has 0 radical (unpaired) electrons. The monoisotopic (exact) mass is 512 g/mol. The lowest BCUT2D eigenvalue weighted by atomic mass is 10.0. The molecule has 0 saturated carbocycles. The van der Waals surface area contributed by atoms with Crippen molar-refractivity contribution in [3.63, 3.8) is 0 Å². The maximum absolute atomic E-state index is 14.4. The van der Waals surface area contributed by atoms with E-state index < -0.39 is 17.6 Å². The number of likely N-dealkylation sites (tertiary alicyclic amines) is 1. The molecule has 1 amide bonds. The number of aromatic hydroxyl groups is 2. The van der Waals surface area contributed by atoms with Gasteiger partial charge in [-0.3, -0.25) is 9.78 Å². The van der Waals surface area contributed by atoms with Crippen LogP contribution in [0.2, 0.25) is 5.02 Å². The van der Waals surface area contributed by atoms with E-state index in [4.69, 9.17) is 11.6 Å². The van der Waals surface area contributed by atoms with Crippen LogP contribution in [0.3, 0.4) is 0 Å². The van der Waals surface area contributed by atoms with Gasteiger partial charge in [-0.2, -0.15) is 0 Å². The number of hydrogen-bond donors (Lipinski definition) is 2. The summed E-state index contributed by atoms with van der Waals surface area (Å²) in [7, 11) is 0. The smallest absolute Gasteiger partial charge is 0.263 e. The molecule has 0 spiro atoms. The zero-order valence-corrected chi connectivity index (χ0v) is 21.2. The standard InChI is InChI=1S/C27H30ClFN4O3/c1-3-5-11-21-24(33(4-2)19-9-7-6-8-10-19)25(34)22(26(35)31-21)27(36)32-13-12-17(16-32)23-20(29)14-18(28)15-30-23/h6-10,14-15,17H,3-5,11-13,16H2,1-2H3,(H2,31,34,35). The van der Waals surface area contributed by atoms with Crippen molar-refractivity contribution in [1.82, 2.24) is 14.9 Å². The first-order chi connectivity index (χ1) is 17.3. The van der Waals surface area contributed by atoms with Gasteiger partial charge in [0.2, 0.25) is 5.88 Å². The number of amides is 1. The maximum atomic E-state index is 14.4. The van der Waals surface area contributed by atoms with Gasteiger partial charge in [0.1, 0.15) is 17.1 Å². The Morgan fingerprint density at radius 1 is 1.25 bits per heavy atom. The van der Waals surface area contributed by atoms with E-state index in [0.717, 1.165) is 18.5 Å². The van der Waals surface area contributed by atoms with Gasteiger partial charge in [-0.25, -0.2) is 9.37 Å². The van der Waals surface area contributed by atoms with Crippen LogP contribution in [0.15, 0.2) is 42.6 Å². The second kappa shape index (κ2) is 11.1. The third-order valence-electron chi connectivity index (χ3n) is 6.53. The number of rotatable bonds is 8. The van der Waals surface area contributed by atoms with Gasteiger partial charge in [-0.1, -0.05) is 43.1 Å². The van der Waals surface area contributed by atoms with E-state index in [1.165, 1.54) is 17.2 Å². The Kier molecular flexibility index (Phi) is 7.94. The van der Waals surface area contributed by atoms with E-state index in [9.17, 15) is 19.4 Å². The molecule has 36 heavy (non-hydrogen) atoms. The number of carbonyl (C=O) groups is 1. The third kappa shape index (κ3) is 5.09. The van der Waals surface area contributed by atoms with Crippen LogP contribution in [0.25, 0.3) is 0 Å². The Hall–Kier alpha value is -3.39. The maximum Gasteiger partial charge on any atom is 0.263 e. The van der Waals surface area contributed by atoms with Crippen LogP contribution in [0.4, 0.5) is 15.8 Å². The molecule has 3 aromatic rings. The molecule has 1 fully saturated rings. The van der Waals surface area contributed by atoms with Gasteiger partial charge >= 0.3 is 0 Å². The van der Waals surface area contributed by atoms with E-state index in [2.05, 4.69) is 9.97 Å². The first-order valence-electron chi connectivity index (χ1n) is 12.2. The first kappa shape index (κ1) is 25.7. The highest BCUT2D eigenvalue weighted by molar-refractivity contribution is 6.30. The number of hydrogen-bond acceptors (Lipinski definition) is 6. The largest absolute Gasteiger partial charge is 0.505 e. The highest BCUT2D eigenvalue weighted by atomic mass is 35.5. The second-order valence-electron chi connectivity index (χ2n) is 8.90. The van der Waals surface area contributed by atoms with Gasteiger partial charge < -0.3 is 20.0 Å². The van der Waals surface area contributed by atoms with Crippen molar-refractivity contribution in [2.24, 2.45) is 0 Å². The van der Waals surface area contributed by atoms with Gasteiger partial charge in [-0.15, -0.1) is 0 Å². The fourth-order valence-electron chi connectivity index (χ4n) is 4.73. The first-order valence-corrected chi connectivity index (χ1v) is 12.6. The Morgan fingerprint density at radius 3 is 2.67 bits per heavy atom. The number of halogens is 2. The topological polar surface area (TPSA) is 89.8 Å². The summed E-state index contributed by atoms with van der Waals surface area (Å²) in [6.07, 6.45) is 4.14. The van der Waals surface area contributed by atoms with E-state index in [-0.39, 0.29) is 34.5 Å². The normalized spacial score (nSPS) is 15.3. The van der Waals surface area contributed by atoms with Crippen LogP contribution < -0.4 is 4.90 Å². The zero-order chi connectivity index (χ0) is 25.8. The predicted molar refractivity (Wildman–Crippen MR) is 138 cm³/mol. The van der Waals surface area contributed by atoms with Crippen molar-refractivity contribution in [3.8, 4) is 11.6 Å². The molecule has 2 N–H and O–H groups in total. The molecular formula is C27H30ClFN4O3. The summed E-state index contributed by atoms with van der Waals surface area (Å²) >= 11 is 5.83. The lowest BCUT2D eigenvalue weighted by Gasteiger charge is -2.28. The molecule has 3 heterocycles. The number of para-hydroxylation sites is 1. The van der Waals surface area contributed by atoms with Crippen LogP contribution in [0.1, 0.15) is 60.8 Å². The summed E-state index contributed by atoms with van der Waals surface area (Å²) in [5, 5.41) is 22.4. The van der Waals surface area contributed by atoms with Crippen LogP contribution in [0.5, 0.6) is 11.6 Å². The molecule has 1 atom stereocenters. The molecule has 0 bridgehead atoms. The Bertz CT molecular complexity index is 1240. The Morgan fingerprint density at radius 2 is 2.00 bits per heavy atom. The van der Waals surface area contributed by atoms with Crippen LogP contribution in [-0.4, -0.2) is 50.6 Å². The van der Waals surface area contributed by atoms with E-state index in [0.29, 0.717) is 37.3 Å². The number of pyridine rings is 2. The highest BCUT2D eigenvalue weighted by Crippen LogP contribution is 2.43. The summed E-state index contributed by atoms with van der Waals surface area (Å²) in [4.78, 5) is 25.4. The highest BCUT2D eigenvalue weighted by Gasteiger charge is 2.35. The van der Waals surface area contributed by atoms with Crippen molar-refractivity contribution in [2.75, 3.05) is 24.5 Å². The number of aromatic nitrogens is 2. The number of aryl methyl sites for hydroxylation is 1. The summed E-state index contributed by atoms with van der Waals surface area (Å²) in [6, 6.07) is 10.7. The minimum Gasteiger partial charge on any atom is -0.505 e. The van der Waals surface area contributed by atoms with Gasteiger partial charge in [0.05, 0.1) is 16.4 Å². The molecule has 1 unspecified atom stereocenters. The number of carbonyl (C=O) groups excluding carboxylic acids is 1. The van der Waals surface area contributed by atoms with E-state index in [1.54, 1.807) is 0 Å². The molecule has 7 nitrogen and oxygen atoms in total. The Labute approximate surface area is 215 Å².